The van der Waals surface area contributed by atoms with E-state index in [-0.39, 0.29) is 29.1 Å². The quantitative estimate of drug-likeness (QED) is 0.252. The molecule has 0 atom stereocenters. The van der Waals surface area contributed by atoms with Crippen LogP contribution in [0.2, 0.25) is 0 Å². The normalized spacial score (nSPS) is 11.3. The third-order valence-corrected chi connectivity index (χ3v) is 5.16. The number of carbonyl (C=O) groups is 2. The van der Waals surface area contributed by atoms with Crippen molar-refractivity contribution in [1.82, 2.24) is 0 Å². The van der Waals surface area contributed by atoms with Crippen LogP contribution >= 0.6 is 0 Å². The van der Waals surface area contributed by atoms with Gasteiger partial charge >= 0.3 is 11.9 Å². The molecule has 1 aromatic carbocycles. The van der Waals surface area contributed by atoms with E-state index in [9.17, 15) is 9.59 Å². The van der Waals surface area contributed by atoms with Gasteiger partial charge in [-0.1, -0.05) is 91.7 Å². The lowest BCUT2D eigenvalue weighted by Gasteiger charge is -2.25. The fourth-order valence-electron chi connectivity index (χ4n) is 3.55. The van der Waals surface area contributed by atoms with Crippen molar-refractivity contribution in [2.24, 2.45) is 11.8 Å². The van der Waals surface area contributed by atoms with Crippen molar-refractivity contribution in [3.05, 3.63) is 35.4 Å². The Morgan fingerprint density at radius 2 is 1.24 bits per heavy atom. The average molecular weight is 405 g/mol. The van der Waals surface area contributed by atoms with E-state index >= 15 is 0 Å². The van der Waals surface area contributed by atoms with E-state index < -0.39 is 11.9 Å². The largest absolute Gasteiger partial charge is 0.462 e. The van der Waals surface area contributed by atoms with Gasteiger partial charge in [-0.3, -0.25) is 0 Å². The van der Waals surface area contributed by atoms with E-state index in [1.807, 2.05) is 27.7 Å². The Morgan fingerprint density at radius 3 is 1.76 bits per heavy atom. The van der Waals surface area contributed by atoms with Crippen molar-refractivity contribution in [1.29, 1.82) is 0 Å². The van der Waals surface area contributed by atoms with Gasteiger partial charge in [0.1, 0.15) is 6.10 Å². The van der Waals surface area contributed by atoms with Crippen molar-refractivity contribution >= 4 is 11.9 Å². The van der Waals surface area contributed by atoms with E-state index in [0.717, 1.165) is 12.8 Å². The number of esters is 2. The van der Waals surface area contributed by atoms with Crippen LogP contribution in [0, 0.1) is 11.8 Å². The van der Waals surface area contributed by atoms with E-state index in [4.69, 9.17) is 9.47 Å². The van der Waals surface area contributed by atoms with Gasteiger partial charge in [0.05, 0.1) is 17.7 Å². The Hall–Kier alpha value is -1.84. The van der Waals surface area contributed by atoms with Crippen LogP contribution in [0.15, 0.2) is 24.3 Å². The molecular formula is C25H40O4. The molecule has 1 aromatic rings. The zero-order chi connectivity index (χ0) is 21.6. The number of benzene rings is 1. The molecule has 0 amide bonds. The molecular weight excluding hydrogens is 364 g/mol. The zero-order valence-corrected chi connectivity index (χ0v) is 19.0. The van der Waals surface area contributed by atoms with Crippen LogP contribution in [0.25, 0.3) is 0 Å². The molecule has 0 spiro atoms. The van der Waals surface area contributed by atoms with E-state index in [2.05, 4.69) is 6.92 Å². The lowest BCUT2D eigenvalue weighted by atomic mass is 9.96. The Bertz CT molecular complexity index is 599. The highest BCUT2D eigenvalue weighted by molar-refractivity contribution is 6.03. The number of carbonyl (C=O) groups excluding carboxylic acids is 2. The summed E-state index contributed by atoms with van der Waals surface area (Å²) in [6.45, 7) is 10.7. The first kappa shape index (κ1) is 25.2. The molecule has 0 aromatic heterocycles. The van der Waals surface area contributed by atoms with Gasteiger partial charge in [-0.05, 0) is 30.4 Å². The molecule has 0 heterocycles. The van der Waals surface area contributed by atoms with Crippen LogP contribution in [0.1, 0.15) is 107 Å². The summed E-state index contributed by atoms with van der Waals surface area (Å²) in [5.41, 5.74) is 0.558. The van der Waals surface area contributed by atoms with Crippen molar-refractivity contribution in [3.63, 3.8) is 0 Å². The van der Waals surface area contributed by atoms with Crippen LogP contribution in [0.5, 0.6) is 0 Å². The summed E-state index contributed by atoms with van der Waals surface area (Å²) < 4.78 is 11.1. The van der Waals surface area contributed by atoms with Crippen molar-refractivity contribution in [3.8, 4) is 0 Å². The number of rotatable bonds is 14. The lowest BCUT2D eigenvalue weighted by molar-refractivity contribution is 0.00282. The minimum Gasteiger partial charge on any atom is -0.462 e. The second-order valence-electron chi connectivity index (χ2n) is 8.51. The van der Waals surface area contributed by atoms with Crippen molar-refractivity contribution in [2.75, 3.05) is 6.61 Å². The van der Waals surface area contributed by atoms with Crippen molar-refractivity contribution < 1.29 is 19.1 Å². The highest BCUT2D eigenvalue weighted by atomic mass is 16.5. The first-order valence-electron chi connectivity index (χ1n) is 11.4. The molecule has 0 unspecified atom stereocenters. The molecule has 4 nitrogen and oxygen atoms in total. The summed E-state index contributed by atoms with van der Waals surface area (Å²) in [7, 11) is 0. The van der Waals surface area contributed by atoms with Crippen molar-refractivity contribution in [2.45, 2.75) is 92.1 Å². The van der Waals surface area contributed by atoms with Gasteiger partial charge in [0, 0.05) is 0 Å². The Morgan fingerprint density at radius 1 is 0.759 bits per heavy atom. The third-order valence-electron chi connectivity index (χ3n) is 5.16. The molecule has 29 heavy (non-hydrogen) atoms. The van der Waals surface area contributed by atoms with Gasteiger partial charge < -0.3 is 9.47 Å². The first-order chi connectivity index (χ1) is 13.9. The fraction of sp³-hybridized carbons (Fsp3) is 0.680. The molecule has 0 bridgehead atoms. The predicted molar refractivity (Wildman–Crippen MR) is 118 cm³/mol. The van der Waals surface area contributed by atoms with E-state index in [0.29, 0.717) is 6.61 Å². The van der Waals surface area contributed by atoms with E-state index in [1.54, 1.807) is 24.3 Å². The minimum atomic E-state index is -0.461. The minimum absolute atomic E-state index is 0.191. The lowest BCUT2D eigenvalue weighted by Crippen LogP contribution is -2.29. The summed E-state index contributed by atoms with van der Waals surface area (Å²) in [5.74, 6) is -0.497. The maximum absolute atomic E-state index is 12.7. The standard InChI is InChI=1S/C25H40O4/c1-6-7-8-9-10-11-12-15-18-28-24(26)21-16-13-14-17-22(21)25(27)29-23(19(2)3)20(4)5/h13-14,16-17,19-20,23H,6-12,15,18H2,1-5H3. The molecule has 0 aliphatic rings. The molecule has 0 aliphatic carbocycles. The van der Waals surface area contributed by atoms with Gasteiger partial charge in [-0.2, -0.15) is 0 Å². The molecule has 0 N–H and O–H groups in total. The molecule has 0 fully saturated rings. The molecule has 0 saturated carbocycles. The van der Waals surface area contributed by atoms with Gasteiger partial charge in [0.15, 0.2) is 0 Å². The summed E-state index contributed by atoms with van der Waals surface area (Å²) >= 11 is 0. The molecule has 0 radical (unpaired) electrons. The maximum Gasteiger partial charge on any atom is 0.339 e. The van der Waals surface area contributed by atoms with Crippen LogP contribution in [-0.4, -0.2) is 24.6 Å². The predicted octanol–water partition coefficient (Wildman–Crippen LogP) is 6.82. The van der Waals surface area contributed by atoms with Gasteiger partial charge in [-0.25, -0.2) is 9.59 Å². The number of hydrogen-bond donors (Lipinski definition) is 0. The highest BCUT2D eigenvalue weighted by Crippen LogP contribution is 2.20. The second kappa shape index (κ2) is 14.2. The summed E-state index contributed by atoms with van der Waals surface area (Å²) in [4.78, 5) is 25.2. The number of unbranched alkanes of at least 4 members (excludes halogenated alkanes) is 7. The van der Waals surface area contributed by atoms with Gasteiger partial charge in [-0.15, -0.1) is 0 Å². The number of ether oxygens (including phenoxy) is 2. The molecule has 164 valence electrons. The summed E-state index contributed by atoms with van der Waals surface area (Å²) in [5, 5.41) is 0. The van der Waals surface area contributed by atoms with Gasteiger partial charge in [0.25, 0.3) is 0 Å². The second-order valence-corrected chi connectivity index (χ2v) is 8.51. The maximum atomic E-state index is 12.7. The highest BCUT2D eigenvalue weighted by Gasteiger charge is 2.25. The van der Waals surface area contributed by atoms with Crippen LogP contribution in [0.4, 0.5) is 0 Å². The topological polar surface area (TPSA) is 52.6 Å². The third kappa shape index (κ3) is 9.47. The molecule has 1 rings (SSSR count). The Balaban J connectivity index is 2.51. The SMILES string of the molecule is CCCCCCCCCCOC(=O)c1ccccc1C(=O)OC(C(C)C)C(C)C. The molecule has 0 saturated heterocycles. The van der Waals surface area contributed by atoms with Gasteiger partial charge in [0.2, 0.25) is 0 Å². The Kier molecular flexibility index (Phi) is 12.3. The monoisotopic (exact) mass is 404 g/mol. The smallest absolute Gasteiger partial charge is 0.339 e. The summed E-state index contributed by atoms with van der Waals surface area (Å²) in [6.07, 6.45) is 9.33. The average Bonchev–Trinajstić information content (AvgIpc) is 2.69. The van der Waals surface area contributed by atoms with Crippen LogP contribution < -0.4 is 0 Å². The van der Waals surface area contributed by atoms with Crippen LogP contribution in [-0.2, 0) is 9.47 Å². The van der Waals surface area contributed by atoms with Crippen LogP contribution in [0.3, 0.4) is 0 Å². The Labute approximate surface area is 177 Å². The first-order valence-corrected chi connectivity index (χ1v) is 11.4. The zero-order valence-electron chi connectivity index (χ0n) is 19.0. The molecule has 4 heteroatoms. The summed E-state index contributed by atoms with van der Waals surface area (Å²) in [6, 6.07) is 6.75. The fourth-order valence-corrected chi connectivity index (χ4v) is 3.55. The molecule has 0 aliphatic heterocycles. The number of hydrogen-bond acceptors (Lipinski definition) is 4. The van der Waals surface area contributed by atoms with E-state index in [1.165, 1.54) is 38.5 Å².